The van der Waals surface area contributed by atoms with E-state index in [1.54, 1.807) is 24.3 Å². The minimum atomic E-state index is -0.143. The van der Waals surface area contributed by atoms with Gasteiger partial charge in [0.15, 0.2) is 0 Å². The zero-order chi connectivity index (χ0) is 13.1. The normalized spacial score (nSPS) is 10.4. The molecule has 1 N–H and O–H groups in total. The van der Waals surface area contributed by atoms with Crippen LogP contribution in [0.15, 0.2) is 34.7 Å². The number of benzene rings is 1. The second-order valence-corrected chi connectivity index (χ2v) is 4.57. The highest BCUT2D eigenvalue weighted by Gasteiger charge is 2.08. The molecular formula is C14H14ClNO2. The summed E-state index contributed by atoms with van der Waals surface area (Å²) in [4.78, 5) is 11.9. The van der Waals surface area contributed by atoms with Crippen LogP contribution < -0.4 is 5.32 Å². The van der Waals surface area contributed by atoms with E-state index in [-0.39, 0.29) is 5.91 Å². The molecule has 3 nitrogen and oxygen atoms in total. The van der Waals surface area contributed by atoms with Crippen LogP contribution in [0.1, 0.15) is 27.4 Å². The summed E-state index contributed by atoms with van der Waals surface area (Å²) in [6, 6.07) is 8.79. The number of nitrogens with one attached hydrogen (secondary N) is 1. The molecular weight excluding hydrogens is 250 g/mol. The summed E-state index contributed by atoms with van der Waals surface area (Å²) in [6.07, 6.45) is 0. The molecule has 0 radical (unpaired) electrons. The summed E-state index contributed by atoms with van der Waals surface area (Å²) in [5, 5.41) is 3.39. The number of furan rings is 1. The Morgan fingerprint density at radius 3 is 2.72 bits per heavy atom. The predicted molar refractivity (Wildman–Crippen MR) is 70.8 cm³/mol. The topological polar surface area (TPSA) is 42.2 Å². The molecule has 0 aliphatic heterocycles. The highest BCUT2D eigenvalue weighted by atomic mass is 35.5. The monoisotopic (exact) mass is 263 g/mol. The van der Waals surface area contributed by atoms with Crippen molar-refractivity contribution < 1.29 is 9.21 Å². The molecule has 2 aromatic rings. The van der Waals surface area contributed by atoms with Gasteiger partial charge in [-0.2, -0.15) is 0 Å². The van der Waals surface area contributed by atoms with E-state index in [1.165, 1.54) is 0 Å². The fourth-order valence-corrected chi connectivity index (χ4v) is 1.96. The Labute approximate surface area is 111 Å². The highest BCUT2D eigenvalue weighted by Crippen LogP contribution is 2.14. The fraction of sp³-hybridized carbons (Fsp3) is 0.214. The molecule has 1 aromatic heterocycles. The van der Waals surface area contributed by atoms with E-state index in [1.807, 2.05) is 19.9 Å². The van der Waals surface area contributed by atoms with Crippen LogP contribution >= 0.6 is 11.6 Å². The molecule has 0 aliphatic rings. The summed E-state index contributed by atoms with van der Waals surface area (Å²) in [6.45, 7) is 4.22. The molecule has 1 amide bonds. The van der Waals surface area contributed by atoms with Crippen LogP contribution in [0.25, 0.3) is 0 Å². The van der Waals surface area contributed by atoms with Crippen molar-refractivity contribution in [2.24, 2.45) is 0 Å². The Morgan fingerprint density at radius 2 is 2.11 bits per heavy atom. The molecule has 4 heteroatoms. The van der Waals surface area contributed by atoms with E-state index in [0.717, 1.165) is 17.1 Å². The number of aryl methyl sites for hydroxylation is 2. The van der Waals surface area contributed by atoms with E-state index >= 15 is 0 Å². The SMILES string of the molecule is Cc1cc(CNC(=O)c2cccc(Cl)c2)c(C)o1. The smallest absolute Gasteiger partial charge is 0.251 e. The van der Waals surface area contributed by atoms with Gasteiger partial charge in [-0.05, 0) is 38.1 Å². The number of carbonyl (C=O) groups excluding carboxylic acids is 1. The van der Waals surface area contributed by atoms with E-state index in [4.69, 9.17) is 16.0 Å². The third kappa shape index (κ3) is 2.93. The fourth-order valence-electron chi connectivity index (χ4n) is 1.77. The lowest BCUT2D eigenvalue weighted by molar-refractivity contribution is 0.0951. The number of carbonyl (C=O) groups is 1. The highest BCUT2D eigenvalue weighted by molar-refractivity contribution is 6.30. The zero-order valence-corrected chi connectivity index (χ0v) is 11.0. The maximum atomic E-state index is 11.9. The van der Waals surface area contributed by atoms with Crippen LogP contribution in [-0.2, 0) is 6.54 Å². The van der Waals surface area contributed by atoms with Gasteiger partial charge in [-0.1, -0.05) is 17.7 Å². The second-order valence-electron chi connectivity index (χ2n) is 4.13. The Morgan fingerprint density at radius 1 is 1.33 bits per heavy atom. The zero-order valence-electron chi connectivity index (χ0n) is 10.3. The minimum Gasteiger partial charge on any atom is -0.466 e. The molecule has 0 bridgehead atoms. The van der Waals surface area contributed by atoms with Crippen LogP contribution in [-0.4, -0.2) is 5.91 Å². The minimum absolute atomic E-state index is 0.143. The molecule has 0 saturated heterocycles. The summed E-state index contributed by atoms with van der Waals surface area (Å²) < 4.78 is 5.40. The van der Waals surface area contributed by atoms with Crippen LogP contribution in [0.4, 0.5) is 0 Å². The van der Waals surface area contributed by atoms with Gasteiger partial charge >= 0.3 is 0 Å². The first-order chi connectivity index (χ1) is 8.56. The Hall–Kier alpha value is -1.74. The predicted octanol–water partition coefficient (Wildman–Crippen LogP) is 3.48. The van der Waals surface area contributed by atoms with Gasteiger partial charge in [-0.25, -0.2) is 0 Å². The Kier molecular flexibility index (Phi) is 3.72. The van der Waals surface area contributed by atoms with Gasteiger partial charge in [-0.3, -0.25) is 4.79 Å². The van der Waals surface area contributed by atoms with E-state index in [9.17, 15) is 4.79 Å². The third-order valence-corrected chi connectivity index (χ3v) is 2.91. The van der Waals surface area contributed by atoms with Gasteiger partial charge in [0.2, 0.25) is 0 Å². The first-order valence-corrected chi connectivity index (χ1v) is 6.04. The lowest BCUT2D eigenvalue weighted by Gasteiger charge is -2.04. The number of hydrogen-bond acceptors (Lipinski definition) is 2. The number of amides is 1. The molecule has 1 aromatic carbocycles. The van der Waals surface area contributed by atoms with Crippen molar-refractivity contribution in [2.75, 3.05) is 0 Å². The molecule has 2 rings (SSSR count). The van der Waals surface area contributed by atoms with Gasteiger partial charge in [0.05, 0.1) is 0 Å². The second kappa shape index (κ2) is 5.27. The lowest BCUT2D eigenvalue weighted by atomic mass is 10.2. The number of rotatable bonds is 3. The van der Waals surface area contributed by atoms with E-state index < -0.39 is 0 Å². The molecule has 0 saturated carbocycles. The van der Waals surface area contributed by atoms with Crippen LogP contribution in [0.3, 0.4) is 0 Å². The van der Waals surface area contributed by atoms with Gasteiger partial charge < -0.3 is 9.73 Å². The van der Waals surface area contributed by atoms with Crippen molar-refractivity contribution in [3.8, 4) is 0 Å². The summed E-state index contributed by atoms with van der Waals surface area (Å²) in [7, 11) is 0. The van der Waals surface area contributed by atoms with Gasteiger partial charge in [0.1, 0.15) is 11.5 Å². The first-order valence-electron chi connectivity index (χ1n) is 5.66. The van der Waals surface area contributed by atoms with Crippen molar-refractivity contribution in [3.63, 3.8) is 0 Å². The summed E-state index contributed by atoms with van der Waals surface area (Å²) >= 11 is 5.84. The van der Waals surface area contributed by atoms with Gasteiger partial charge in [-0.15, -0.1) is 0 Å². The molecule has 0 spiro atoms. The van der Waals surface area contributed by atoms with Crippen LogP contribution in [0, 0.1) is 13.8 Å². The third-order valence-electron chi connectivity index (χ3n) is 2.67. The van der Waals surface area contributed by atoms with Crippen molar-refractivity contribution >= 4 is 17.5 Å². The number of halogens is 1. The molecule has 0 atom stereocenters. The van der Waals surface area contributed by atoms with Gasteiger partial charge in [0.25, 0.3) is 5.91 Å². The molecule has 1 heterocycles. The quantitative estimate of drug-likeness (QED) is 0.921. The van der Waals surface area contributed by atoms with Crippen LogP contribution in [0.2, 0.25) is 5.02 Å². The number of hydrogen-bond donors (Lipinski definition) is 1. The van der Waals surface area contributed by atoms with Crippen molar-refractivity contribution in [1.29, 1.82) is 0 Å². The van der Waals surface area contributed by atoms with Gasteiger partial charge in [0, 0.05) is 22.7 Å². The van der Waals surface area contributed by atoms with Crippen LogP contribution in [0.5, 0.6) is 0 Å². The van der Waals surface area contributed by atoms with E-state index in [0.29, 0.717) is 17.1 Å². The standard InChI is InChI=1S/C14H14ClNO2/c1-9-6-12(10(2)18-9)8-16-14(17)11-4-3-5-13(15)7-11/h3-7H,8H2,1-2H3,(H,16,17). The summed E-state index contributed by atoms with van der Waals surface area (Å²) in [5.74, 6) is 1.54. The largest absolute Gasteiger partial charge is 0.466 e. The Bertz CT molecular complexity index is 575. The molecule has 18 heavy (non-hydrogen) atoms. The molecule has 0 unspecified atom stereocenters. The van der Waals surface area contributed by atoms with Crippen molar-refractivity contribution in [1.82, 2.24) is 5.32 Å². The average Bonchev–Trinajstić information content (AvgIpc) is 2.65. The molecule has 94 valence electrons. The maximum absolute atomic E-state index is 11.9. The Balaban J connectivity index is 2.02. The first kappa shape index (κ1) is 12.7. The lowest BCUT2D eigenvalue weighted by Crippen LogP contribution is -2.22. The average molecular weight is 264 g/mol. The maximum Gasteiger partial charge on any atom is 0.251 e. The summed E-state index contributed by atoms with van der Waals surface area (Å²) in [5.41, 5.74) is 1.54. The van der Waals surface area contributed by atoms with E-state index in [2.05, 4.69) is 5.32 Å². The van der Waals surface area contributed by atoms with Crippen molar-refractivity contribution in [2.45, 2.75) is 20.4 Å². The molecule has 0 fully saturated rings. The van der Waals surface area contributed by atoms with Crippen molar-refractivity contribution in [3.05, 3.63) is 58.0 Å². The molecule has 0 aliphatic carbocycles.